The minimum atomic E-state index is -0.598. The Hall–Kier alpha value is -3.08. The van der Waals surface area contributed by atoms with E-state index in [-0.39, 0.29) is 17.1 Å². The molecule has 0 radical (unpaired) electrons. The quantitative estimate of drug-likeness (QED) is 0.509. The van der Waals surface area contributed by atoms with Gasteiger partial charge >= 0.3 is 0 Å². The van der Waals surface area contributed by atoms with E-state index in [2.05, 4.69) is 10.6 Å². The van der Waals surface area contributed by atoms with Crippen molar-refractivity contribution in [3.8, 4) is 5.75 Å². The lowest BCUT2D eigenvalue weighted by atomic mass is 10.1. The van der Waals surface area contributed by atoms with Gasteiger partial charge in [0.15, 0.2) is 0 Å². The predicted molar refractivity (Wildman–Crippen MR) is 87.2 cm³/mol. The van der Waals surface area contributed by atoms with Gasteiger partial charge in [-0.2, -0.15) is 0 Å². The summed E-state index contributed by atoms with van der Waals surface area (Å²) in [4.78, 5) is 23.6. The van der Waals surface area contributed by atoms with Crippen molar-refractivity contribution in [2.45, 2.75) is 6.92 Å². The SMILES string of the molecule is Cc1ccccc1Nc1c(Nc2ccccc2O)c(=O)c1=O. The summed E-state index contributed by atoms with van der Waals surface area (Å²) in [5, 5.41) is 15.5. The molecule has 0 aliphatic heterocycles. The van der Waals surface area contributed by atoms with Crippen LogP contribution in [0, 0.1) is 6.92 Å². The van der Waals surface area contributed by atoms with Gasteiger partial charge in [-0.05, 0) is 30.7 Å². The van der Waals surface area contributed by atoms with E-state index in [4.69, 9.17) is 0 Å². The number of hydrogen-bond acceptors (Lipinski definition) is 5. The number of phenolic OH excluding ortho intramolecular Hbond substituents is 1. The second kappa shape index (κ2) is 5.37. The van der Waals surface area contributed by atoms with E-state index in [1.807, 2.05) is 31.2 Å². The smallest absolute Gasteiger partial charge is 0.253 e. The second-order valence-electron chi connectivity index (χ2n) is 4.99. The minimum Gasteiger partial charge on any atom is -0.506 e. The highest BCUT2D eigenvalue weighted by Gasteiger charge is 2.22. The van der Waals surface area contributed by atoms with Crippen LogP contribution < -0.4 is 21.5 Å². The van der Waals surface area contributed by atoms with Crippen LogP contribution in [0.5, 0.6) is 5.75 Å². The fourth-order valence-corrected chi connectivity index (χ4v) is 2.19. The molecule has 0 saturated heterocycles. The lowest BCUT2D eigenvalue weighted by Gasteiger charge is -2.16. The van der Waals surface area contributed by atoms with E-state index >= 15 is 0 Å². The number of rotatable bonds is 4. The number of aryl methyl sites for hydroxylation is 1. The summed E-state index contributed by atoms with van der Waals surface area (Å²) in [7, 11) is 0. The van der Waals surface area contributed by atoms with Crippen molar-refractivity contribution in [3.05, 3.63) is 74.5 Å². The topological polar surface area (TPSA) is 78.4 Å². The standard InChI is InChI=1S/C17H14N2O3/c1-10-6-2-3-7-11(10)18-14-15(17(22)16(14)21)19-12-8-4-5-9-13(12)20/h2-9,18-20H,1H3. The van der Waals surface area contributed by atoms with E-state index < -0.39 is 10.9 Å². The normalized spacial score (nSPS) is 10.6. The first-order valence-corrected chi connectivity index (χ1v) is 6.79. The molecule has 0 aliphatic rings. The second-order valence-corrected chi connectivity index (χ2v) is 4.99. The van der Waals surface area contributed by atoms with Crippen LogP contribution >= 0.6 is 0 Å². The zero-order chi connectivity index (χ0) is 15.7. The van der Waals surface area contributed by atoms with E-state index in [1.54, 1.807) is 18.2 Å². The molecular weight excluding hydrogens is 280 g/mol. The molecule has 3 aromatic rings. The molecule has 0 bridgehead atoms. The van der Waals surface area contributed by atoms with Crippen LogP contribution in [0.25, 0.3) is 0 Å². The third kappa shape index (κ3) is 2.33. The summed E-state index contributed by atoms with van der Waals surface area (Å²) in [6.07, 6.45) is 0. The molecule has 22 heavy (non-hydrogen) atoms. The van der Waals surface area contributed by atoms with Crippen molar-refractivity contribution in [1.29, 1.82) is 0 Å². The maximum absolute atomic E-state index is 11.8. The van der Waals surface area contributed by atoms with E-state index in [0.717, 1.165) is 11.3 Å². The van der Waals surface area contributed by atoms with Crippen molar-refractivity contribution in [2.24, 2.45) is 0 Å². The van der Waals surface area contributed by atoms with E-state index in [1.165, 1.54) is 6.07 Å². The molecule has 0 aliphatic carbocycles. The highest BCUT2D eigenvalue weighted by Crippen LogP contribution is 2.29. The zero-order valence-electron chi connectivity index (χ0n) is 11.9. The highest BCUT2D eigenvalue weighted by atomic mass is 16.3. The Balaban J connectivity index is 1.93. The monoisotopic (exact) mass is 294 g/mol. The van der Waals surface area contributed by atoms with Crippen LogP contribution in [-0.2, 0) is 0 Å². The van der Waals surface area contributed by atoms with Crippen LogP contribution in [0.2, 0.25) is 0 Å². The van der Waals surface area contributed by atoms with Gasteiger partial charge in [0, 0.05) is 5.69 Å². The van der Waals surface area contributed by atoms with Gasteiger partial charge in [0.05, 0.1) is 5.69 Å². The molecule has 0 spiro atoms. The first-order chi connectivity index (χ1) is 10.6. The van der Waals surface area contributed by atoms with Crippen LogP contribution in [0.3, 0.4) is 0 Å². The van der Waals surface area contributed by atoms with Gasteiger partial charge < -0.3 is 15.7 Å². The number of nitrogens with one attached hydrogen (secondary N) is 2. The Labute approximate surface area is 126 Å². The Morgan fingerprint density at radius 3 is 1.86 bits per heavy atom. The van der Waals surface area contributed by atoms with Gasteiger partial charge in [0.1, 0.15) is 17.1 Å². The summed E-state index contributed by atoms with van der Waals surface area (Å²) in [5.74, 6) is 0.0115. The fourth-order valence-electron chi connectivity index (χ4n) is 2.19. The average Bonchev–Trinajstić information content (AvgIpc) is 2.53. The minimum absolute atomic E-state index is 0.0115. The number of para-hydroxylation sites is 3. The third-order valence-corrected chi connectivity index (χ3v) is 3.48. The molecule has 3 N–H and O–H groups in total. The Bertz CT molecular complexity index is 833. The zero-order valence-corrected chi connectivity index (χ0v) is 11.9. The molecule has 5 nitrogen and oxygen atoms in total. The molecular formula is C17H14N2O3. The first kappa shape index (κ1) is 13.9. The maximum atomic E-state index is 11.8. The Morgan fingerprint density at radius 2 is 1.27 bits per heavy atom. The van der Waals surface area contributed by atoms with Gasteiger partial charge in [0.25, 0.3) is 10.9 Å². The van der Waals surface area contributed by atoms with Gasteiger partial charge in [-0.1, -0.05) is 30.3 Å². The number of phenols is 1. The molecule has 0 fully saturated rings. The van der Waals surface area contributed by atoms with Crippen molar-refractivity contribution in [3.63, 3.8) is 0 Å². The molecule has 0 atom stereocenters. The maximum Gasteiger partial charge on any atom is 0.253 e. The van der Waals surface area contributed by atoms with Crippen LogP contribution in [0.15, 0.2) is 58.1 Å². The van der Waals surface area contributed by atoms with Crippen molar-refractivity contribution >= 4 is 22.7 Å². The van der Waals surface area contributed by atoms with Crippen molar-refractivity contribution < 1.29 is 5.11 Å². The van der Waals surface area contributed by atoms with Crippen molar-refractivity contribution in [2.75, 3.05) is 10.6 Å². The molecule has 0 amide bonds. The van der Waals surface area contributed by atoms with E-state index in [0.29, 0.717) is 5.69 Å². The largest absolute Gasteiger partial charge is 0.506 e. The Kier molecular flexibility index (Phi) is 3.39. The summed E-state index contributed by atoms with van der Waals surface area (Å²) < 4.78 is 0. The van der Waals surface area contributed by atoms with E-state index in [9.17, 15) is 14.7 Å². The Morgan fingerprint density at radius 1 is 0.773 bits per heavy atom. The average molecular weight is 294 g/mol. The number of benzene rings is 2. The number of hydrogen-bond donors (Lipinski definition) is 3. The number of anilines is 4. The summed E-state index contributed by atoms with van der Waals surface area (Å²) in [6, 6.07) is 14.0. The first-order valence-electron chi connectivity index (χ1n) is 6.79. The summed E-state index contributed by atoms with van der Waals surface area (Å²) >= 11 is 0. The molecule has 3 aromatic carbocycles. The third-order valence-electron chi connectivity index (χ3n) is 3.48. The van der Waals surface area contributed by atoms with Gasteiger partial charge in [0.2, 0.25) is 0 Å². The van der Waals surface area contributed by atoms with Crippen LogP contribution in [0.4, 0.5) is 22.7 Å². The summed E-state index contributed by atoms with van der Waals surface area (Å²) in [6.45, 7) is 1.91. The van der Waals surface area contributed by atoms with Gasteiger partial charge in [-0.25, -0.2) is 0 Å². The van der Waals surface area contributed by atoms with Gasteiger partial charge in [-0.3, -0.25) is 9.59 Å². The predicted octanol–water partition coefficient (Wildman–Crippen LogP) is 2.78. The molecule has 0 saturated carbocycles. The number of aromatic hydroxyl groups is 1. The van der Waals surface area contributed by atoms with Gasteiger partial charge in [-0.15, -0.1) is 0 Å². The molecule has 5 heteroatoms. The van der Waals surface area contributed by atoms with Crippen molar-refractivity contribution in [1.82, 2.24) is 0 Å². The lowest BCUT2D eigenvalue weighted by Crippen LogP contribution is -2.35. The molecule has 0 aromatic heterocycles. The molecule has 0 heterocycles. The summed E-state index contributed by atoms with van der Waals surface area (Å²) in [5.41, 5.74) is 1.30. The van der Waals surface area contributed by atoms with Crippen LogP contribution in [-0.4, -0.2) is 5.11 Å². The van der Waals surface area contributed by atoms with Crippen LogP contribution in [0.1, 0.15) is 5.56 Å². The molecule has 3 rings (SSSR count). The molecule has 110 valence electrons. The molecule has 0 unspecified atom stereocenters. The fraction of sp³-hybridized carbons (Fsp3) is 0.0588. The lowest BCUT2D eigenvalue weighted by molar-refractivity contribution is 0.478. The highest BCUT2D eigenvalue weighted by molar-refractivity contribution is 5.83.